The third-order valence-electron chi connectivity index (χ3n) is 5.33. The minimum absolute atomic E-state index is 0.0135. The number of carboxylic acid groups (broad SMARTS) is 1. The summed E-state index contributed by atoms with van der Waals surface area (Å²) >= 11 is 0. The molecule has 12 heteroatoms. The number of nitrogens with one attached hydrogen (secondary N) is 1. The molecule has 0 bridgehead atoms. The third-order valence-corrected chi connectivity index (χ3v) is 5.33. The van der Waals surface area contributed by atoms with Crippen LogP contribution in [0.4, 0.5) is 15.3 Å². The Morgan fingerprint density at radius 2 is 1.89 bits per heavy atom. The molecule has 2 aromatic carbocycles. The molecule has 6 N–H and O–H groups in total. The Labute approximate surface area is 220 Å². The number of nitrogens with two attached hydrogens (primary N) is 2. The van der Waals surface area contributed by atoms with Gasteiger partial charge >= 0.3 is 18.2 Å². The van der Waals surface area contributed by atoms with Crippen LogP contribution in [0.1, 0.15) is 31.9 Å². The first kappa shape index (κ1) is 28.1. The lowest BCUT2D eigenvalue weighted by Gasteiger charge is -2.22. The van der Waals surface area contributed by atoms with Gasteiger partial charge < -0.3 is 36.1 Å². The molecule has 0 aromatic heterocycles. The van der Waals surface area contributed by atoms with Gasteiger partial charge in [-0.05, 0) is 56.2 Å². The normalized spacial score (nSPS) is 15.8. The van der Waals surface area contributed by atoms with E-state index in [1.54, 1.807) is 51.1 Å². The van der Waals surface area contributed by atoms with Gasteiger partial charge in [-0.25, -0.2) is 19.4 Å². The molecule has 2 amide bonds. The topological polar surface area (TPSA) is 179 Å². The van der Waals surface area contributed by atoms with Crippen molar-refractivity contribution < 1.29 is 33.7 Å². The SMILES string of the molecule is CC(C)(C)OC(=O)NC(Cc1ccc(OCC2CN(c3cccc(CN=C(N)N)c3)C(=O)O2)cc1)C(=O)O. The van der Waals surface area contributed by atoms with Crippen LogP contribution in [0.25, 0.3) is 0 Å². The van der Waals surface area contributed by atoms with E-state index < -0.39 is 35.9 Å². The zero-order chi connectivity index (χ0) is 27.9. The summed E-state index contributed by atoms with van der Waals surface area (Å²) in [5.41, 5.74) is 12.2. The highest BCUT2D eigenvalue weighted by Crippen LogP contribution is 2.24. The van der Waals surface area contributed by atoms with Crippen LogP contribution in [0.2, 0.25) is 0 Å². The number of benzene rings is 2. The average molecular weight is 528 g/mol. The Morgan fingerprint density at radius 1 is 1.18 bits per heavy atom. The molecule has 0 spiro atoms. The molecule has 3 rings (SSSR count). The molecule has 1 aliphatic rings. The number of guanidine groups is 1. The van der Waals surface area contributed by atoms with Gasteiger partial charge in [0.2, 0.25) is 0 Å². The van der Waals surface area contributed by atoms with Gasteiger partial charge in [-0.2, -0.15) is 0 Å². The molecule has 204 valence electrons. The van der Waals surface area contributed by atoms with Gasteiger partial charge in [-0.3, -0.25) is 4.90 Å². The summed E-state index contributed by atoms with van der Waals surface area (Å²) in [5, 5.41) is 11.8. The summed E-state index contributed by atoms with van der Waals surface area (Å²) < 4.78 is 16.4. The second-order valence-corrected chi connectivity index (χ2v) is 9.72. The number of amides is 2. The molecule has 2 unspecified atom stereocenters. The molecule has 1 heterocycles. The smallest absolute Gasteiger partial charge is 0.414 e. The molecule has 0 saturated carbocycles. The number of aliphatic carboxylic acids is 1. The van der Waals surface area contributed by atoms with Crippen molar-refractivity contribution in [3.05, 3.63) is 59.7 Å². The van der Waals surface area contributed by atoms with Crippen LogP contribution in [0.3, 0.4) is 0 Å². The Balaban J connectivity index is 1.53. The number of carboxylic acids is 1. The predicted molar refractivity (Wildman–Crippen MR) is 140 cm³/mol. The van der Waals surface area contributed by atoms with Crippen LogP contribution in [-0.4, -0.2) is 60.1 Å². The maximum atomic E-state index is 12.4. The van der Waals surface area contributed by atoms with Crippen molar-refractivity contribution in [1.29, 1.82) is 0 Å². The molecule has 1 aliphatic heterocycles. The van der Waals surface area contributed by atoms with E-state index in [-0.39, 0.29) is 19.0 Å². The number of carbonyl (C=O) groups excluding carboxylic acids is 2. The molecule has 0 radical (unpaired) electrons. The van der Waals surface area contributed by atoms with Gasteiger partial charge in [0.05, 0.1) is 13.1 Å². The van der Waals surface area contributed by atoms with Crippen molar-refractivity contribution >= 4 is 29.8 Å². The van der Waals surface area contributed by atoms with Crippen molar-refractivity contribution in [1.82, 2.24) is 5.32 Å². The largest absolute Gasteiger partial charge is 0.490 e. The number of hydrogen-bond acceptors (Lipinski definition) is 7. The minimum atomic E-state index is -1.18. The van der Waals surface area contributed by atoms with E-state index in [1.165, 1.54) is 4.90 Å². The summed E-state index contributed by atoms with van der Waals surface area (Å²) in [4.78, 5) is 41.5. The van der Waals surface area contributed by atoms with Crippen LogP contribution in [0.5, 0.6) is 5.75 Å². The summed E-state index contributed by atoms with van der Waals surface area (Å²) in [6, 6.07) is 12.9. The van der Waals surface area contributed by atoms with Crippen LogP contribution in [-0.2, 0) is 27.2 Å². The fourth-order valence-corrected chi connectivity index (χ4v) is 3.62. The molecule has 2 aromatic rings. The fraction of sp³-hybridized carbons (Fsp3) is 0.385. The number of hydrogen-bond donors (Lipinski definition) is 4. The lowest BCUT2D eigenvalue weighted by molar-refractivity contribution is -0.139. The van der Waals surface area contributed by atoms with Gasteiger partial charge in [0, 0.05) is 12.1 Å². The second kappa shape index (κ2) is 12.2. The standard InChI is InChI=1S/C26H33N5O7/c1-26(2,3)38-24(34)30-21(22(32)33)12-16-7-9-19(10-8-16)36-15-20-14-31(25(35)37-20)18-6-4-5-17(11-18)13-29-23(27)28/h4-11,20-21H,12-15H2,1-3H3,(H,30,34)(H,32,33)(H4,27,28,29). The summed E-state index contributed by atoms with van der Waals surface area (Å²) in [7, 11) is 0. The van der Waals surface area contributed by atoms with Crippen molar-refractivity contribution in [3.8, 4) is 5.75 Å². The second-order valence-electron chi connectivity index (χ2n) is 9.72. The Hall–Kier alpha value is -4.48. The molecule has 2 atom stereocenters. The van der Waals surface area contributed by atoms with Gasteiger partial charge in [0.25, 0.3) is 0 Å². The van der Waals surface area contributed by atoms with E-state index in [4.69, 9.17) is 25.7 Å². The number of anilines is 1. The Morgan fingerprint density at radius 3 is 2.53 bits per heavy atom. The van der Waals surface area contributed by atoms with Crippen molar-refractivity contribution in [2.24, 2.45) is 16.5 Å². The number of nitrogens with zero attached hydrogens (tertiary/aromatic N) is 2. The van der Waals surface area contributed by atoms with E-state index in [2.05, 4.69) is 10.3 Å². The molecule has 0 aliphatic carbocycles. The first-order valence-corrected chi connectivity index (χ1v) is 12.0. The quantitative estimate of drug-likeness (QED) is 0.267. The first-order valence-electron chi connectivity index (χ1n) is 12.0. The van der Waals surface area contributed by atoms with Gasteiger partial charge in [-0.1, -0.05) is 24.3 Å². The van der Waals surface area contributed by atoms with Crippen molar-refractivity contribution in [2.75, 3.05) is 18.1 Å². The van der Waals surface area contributed by atoms with Gasteiger partial charge in [0.1, 0.15) is 24.0 Å². The molecular formula is C26H33N5O7. The Kier molecular flexibility index (Phi) is 9.00. The van der Waals surface area contributed by atoms with Crippen LogP contribution < -0.4 is 26.4 Å². The van der Waals surface area contributed by atoms with Crippen LogP contribution in [0.15, 0.2) is 53.5 Å². The number of rotatable bonds is 10. The fourth-order valence-electron chi connectivity index (χ4n) is 3.62. The number of carbonyl (C=O) groups is 3. The van der Waals surface area contributed by atoms with Gasteiger partial charge in [0.15, 0.2) is 12.1 Å². The lowest BCUT2D eigenvalue weighted by Crippen LogP contribution is -2.44. The van der Waals surface area contributed by atoms with Gasteiger partial charge in [-0.15, -0.1) is 0 Å². The zero-order valence-corrected chi connectivity index (χ0v) is 21.5. The number of cyclic esters (lactones) is 1. The summed E-state index contributed by atoms with van der Waals surface area (Å²) in [6.07, 6.45) is -1.71. The van der Waals surface area contributed by atoms with Crippen molar-refractivity contribution in [2.45, 2.75) is 51.5 Å². The van der Waals surface area contributed by atoms with Crippen LogP contribution >= 0.6 is 0 Å². The summed E-state index contributed by atoms with van der Waals surface area (Å²) in [5.74, 6) is -0.666. The maximum Gasteiger partial charge on any atom is 0.414 e. The highest BCUT2D eigenvalue weighted by molar-refractivity contribution is 5.89. The molecule has 1 saturated heterocycles. The van der Waals surface area contributed by atoms with Crippen molar-refractivity contribution in [3.63, 3.8) is 0 Å². The highest BCUT2D eigenvalue weighted by Gasteiger charge is 2.33. The maximum absolute atomic E-state index is 12.4. The van der Waals surface area contributed by atoms with E-state index in [9.17, 15) is 19.5 Å². The third kappa shape index (κ3) is 8.57. The van der Waals surface area contributed by atoms with E-state index in [0.717, 1.165) is 5.56 Å². The predicted octanol–water partition coefficient (Wildman–Crippen LogP) is 2.38. The first-order chi connectivity index (χ1) is 17.9. The molecule has 38 heavy (non-hydrogen) atoms. The Bertz CT molecular complexity index is 1170. The zero-order valence-electron chi connectivity index (χ0n) is 21.5. The molecule has 1 fully saturated rings. The molecular weight excluding hydrogens is 494 g/mol. The summed E-state index contributed by atoms with van der Waals surface area (Å²) in [6.45, 7) is 5.82. The number of ether oxygens (including phenoxy) is 3. The monoisotopic (exact) mass is 527 g/mol. The number of alkyl carbamates (subject to hydrolysis) is 1. The van der Waals surface area contributed by atoms with E-state index in [1.807, 2.05) is 18.2 Å². The minimum Gasteiger partial charge on any atom is -0.490 e. The number of aliphatic imine (C=N–C) groups is 1. The highest BCUT2D eigenvalue weighted by atomic mass is 16.6. The van der Waals surface area contributed by atoms with E-state index >= 15 is 0 Å². The molecule has 12 nitrogen and oxygen atoms in total. The lowest BCUT2D eigenvalue weighted by atomic mass is 10.1. The van der Waals surface area contributed by atoms with E-state index in [0.29, 0.717) is 30.1 Å². The van der Waals surface area contributed by atoms with Crippen LogP contribution in [0, 0.1) is 0 Å². The average Bonchev–Trinajstić information content (AvgIpc) is 3.21.